The predicted molar refractivity (Wildman–Crippen MR) is 73.1 cm³/mol. The fraction of sp³-hybridized carbons (Fsp3) is 0.533. The van der Waals surface area contributed by atoms with E-state index in [1.165, 1.54) is 0 Å². The van der Waals surface area contributed by atoms with Crippen molar-refractivity contribution in [1.82, 2.24) is 5.32 Å². The normalized spacial score (nSPS) is 18.0. The molecule has 1 atom stereocenters. The average Bonchev–Trinajstić information content (AvgIpc) is 2.36. The standard InChI is InChI=1S/C15H21NO3/c1-10(2)16-15(18)9-19-14-8-4-5-11-12(14)6-3-7-13(11)17/h4-5,8,10,13,17H,3,6-7,9H2,1-2H3,(H,16,18)/t13-/m1/s1. The summed E-state index contributed by atoms with van der Waals surface area (Å²) in [4.78, 5) is 11.6. The van der Waals surface area contributed by atoms with Crippen LogP contribution in [0.4, 0.5) is 0 Å². The van der Waals surface area contributed by atoms with Crippen LogP contribution >= 0.6 is 0 Å². The highest BCUT2D eigenvalue weighted by Crippen LogP contribution is 2.35. The number of aliphatic hydroxyl groups excluding tert-OH is 1. The summed E-state index contributed by atoms with van der Waals surface area (Å²) in [5.41, 5.74) is 1.98. The highest BCUT2D eigenvalue weighted by atomic mass is 16.5. The quantitative estimate of drug-likeness (QED) is 0.873. The Morgan fingerprint density at radius 2 is 2.32 bits per heavy atom. The minimum Gasteiger partial charge on any atom is -0.483 e. The van der Waals surface area contributed by atoms with Gasteiger partial charge in [-0.25, -0.2) is 0 Å². The third kappa shape index (κ3) is 3.47. The van der Waals surface area contributed by atoms with E-state index in [0.717, 1.165) is 36.1 Å². The predicted octanol–water partition coefficient (Wildman–Crippen LogP) is 1.96. The van der Waals surface area contributed by atoms with Crippen molar-refractivity contribution in [2.45, 2.75) is 45.3 Å². The fourth-order valence-corrected chi connectivity index (χ4v) is 2.43. The maximum absolute atomic E-state index is 11.6. The Balaban J connectivity index is 2.05. The molecule has 0 aromatic heterocycles. The molecule has 0 bridgehead atoms. The first kappa shape index (κ1) is 13.9. The van der Waals surface area contributed by atoms with E-state index in [2.05, 4.69) is 5.32 Å². The van der Waals surface area contributed by atoms with Crippen LogP contribution < -0.4 is 10.1 Å². The lowest BCUT2D eigenvalue weighted by Crippen LogP contribution is -2.34. The number of nitrogens with one attached hydrogen (secondary N) is 1. The smallest absolute Gasteiger partial charge is 0.258 e. The average molecular weight is 263 g/mol. The van der Waals surface area contributed by atoms with E-state index in [-0.39, 0.29) is 18.6 Å². The number of hydrogen-bond donors (Lipinski definition) is 2. The summed E-state index contributed by atoms with van der Waals surface area (Å²) in [6.07, 6.45) is 2.24. The van der Waals surface area contributed by atoms with Gasteiger partial charge >= 0.3 is 0 Å². The molecule has 0 saturated heterocycles. The van der Waals surface area contributed by atoms with E-state index in [1.54, 1.807) is 0 Å². The first-order valence-corrected chi connectivity index (χ1v) is 6.80. The summed E-state index contributed by atoms with van der Waals surface area (Å²) in [6.45, 7) is 3.85. The molecule has 0 fully saturated rings. The van der Waals surface area contributed by atoms with Crippen molar-refractivity contribution >= 4 is 5.91 Å². The first-order valence-electron chi connectivity index (χ1n) is 6.80. The Hall–Kier alpha value is -1.55. The van der Waals surface area contributed by atoms with Crippen LogP contribution in [0.15, 0.2) is 18.2 Å². The molecule has 19 heavy (non-hydrogen) atoms. The highest BCUT2D eigenvalue weighted by Gasteiger charge is 2.21. The summed E-state index contributed by atoms with van der Waals surface area (Å²) in [5, 5.41) is 12.7. The van der Waals surface area contributed by atoms with Crippen LogP contribution in [-0.4, -0.2) is 23.7 Å². The molecule has 0 radical (unpaired) electrons. The van der Waals surface area contributed by atoms with Gasteiger partial charge in [-0.1, -0.05) is 12.1 Å². The molecule has 0 spiro atoms. The van der Waals surface area contributed by atoms with Crippen molar-refractivity contribution in [1.29, 1.82) is 0 Å². The lowest BCUT2D eigenvalue weighted by Gasteiger charge is -2.23. The van der Waals surface area contributed by atoms with Crippen LogP contribution in [0.1, 0.15) is 43.9 Å². The van der Waals surface area contributed by atoms with Crippen LogP contribution in [0.5, 0.6) is 5.75 Å². The molecule has 1 amide bonds. The van der Waals surface area contributed by atoms with Gasteiger partial charge in [-0.15, -0.1) is 0 Å². The lowest BCUT2D eigenvalue weighted by molar-refractivity contribution is -0.123. The SMILES string of the molecule is CC(C)NC(=O)COc1cccc2c1CCC[C@H]2O. The van der Waals surface area contributed by atoms with Crippen molar-refractivity contribution in [2.24, 2.45) is 0 Å². The molecule has 0 saturated carbocycles. The van der Waals surface area contributed by atoms with Crippen LogP contribution in [0, 0.1) is 0 Å². The zero-order valence-corrected chi connectivity index (χ0v) is 11.5. The molecule has 104 valence electrons. The van der Waals surface area contributed by atoms with Crippen LogP contribution in [-0.2, 0) is 11.2 Å². The minimum absolute atomic E-state index is 0.0186. The van der Waals surface area contributed by atoms with Gasteiger partial charge in [-0.2, -0.15) is 0 Å². The maximum atomic E-state index is 11.6. The molecule has 2 rings (SSSR count). The molecule has 0 unspecified atom stereocenters. The van der Waals surface area contributed by atoms with E-state index in [1.807, 2.05) is 32.0 Å². The molecule has 0 heterocycles. The van der Waals surface area contributed by atoms with Crippen molar-refractivity contribution in [3.8, 4) is 5.75 Å². The van der Waals surface area contributed by atoms with Crippen molar-refractivity contribution in [2.75, 3.05) is 6.61 Å². The Bertz CT molecular complexity index is 457. The van der Waals surface area contributed by atoms with Crippen LogP contribution in [0.25, 0.3) is 0 Å². The monoisotopic (exact) mass is 263 g/mol. The Labute approximate surface area is 113 Å². The fourth-order valence-electron chi connectivity index (χ4n) is 2.43. The topological polar surface area (TPSA) is 58.6 Å². The van der Waals surface area contributed by atoms with Crippen molar-refractivity contribution in [3.63, 3.8) is 0 Å². The molecular formula is C15H21NO3. The van der Waals surface area contributed by atoms with Gasteiger partial charge in [0.15, 0.2) is 6.61 Å². The number of aliphatic hydroxyl groups is 1. The molecule has 1 aliphatic rings. The summed E-state index contributed by atoms with van der Waals surface area (Å²) in [5.74, 6) is 0.596. The van der Waals surface area contributed by atoms with Gasteiger partial charge in [-0.3, -0.25) is 4.79 Å². The number of fused-ring (bicyclic) bond motifs is 1. The number of ether oxygens (including phenoxy) is 1. The first-order chi connectivity index (χ1) is 9.08. The van der Waals surface area contributed by atoms with Crippen LogP contribution in [0.3, 0.4) is 0 Å². The number of amides is 1. The molecular weight excluding hydrogens is 242 g/mol. The molecule has 4 heteroatoms. The molecule has 4 nitrogen and oxygen atoms in total. The third-order valence-electron chi connectivity index (χ3n) is 3.24. The second-order valence-corrected chi connectivity index (χ2v) is 5.24. The second kappa shape index (κ2) is 6.06. The minimum atomic E-state index is -0.406. The highest BCUT2D eigenvalue weighted by molar-refractivity contribution is 5.77. The summed E-state index contributed by atoms with van der Waals surface area (Å²) < 4.78 is 5.59. The van der Waals surface area contributed by atoms with Gasteiger partial charge < -0.3 is 15.2 Å². The number of carbonyl (C=O) groups excluding carboxylic acids is 1. The maximum Gasteiger partial charge on any atom is 0.258 e. The zero-order chi connectivity index (χ0) is 13.8. The molecule has 1 aliphatic carbocycles. The van der Waals surface area contributed by atoms with Crippen molar-refractivity contribution in [3.05, 3.63) is 29.3 Å². The Kier molecular flexibility index (Phi) is 4.43. The van der Waals surface area contributed by atoms with Crippen LogP contribution in [0.2, 0.25) is 0 Å². The molecule has 2 N–H and O–H groups in total. The van der Waals surface area contributed by atoms with E-state index >= 15 is 0 Å². The number of benzene rings is 1. The van der Waals surface area contributed by atoms with E-state index in [9.17, 15) is 9.90 Å². The summed E-state index contributed by atoms with van der Waals surface area (Å²) >= 11 is 0. The number of hydrogen-bond acceptors (Lipinski definition) is 3. The van der Waals surface area contributed by atoms with Crippen molar-refractivity contribution < 1.29 is 14.6 Å². The largest absolute Gasteiger partial charge is 0.483 e. The molecule has 1 aromatic rings. The number of carbonyl (C=O) groups is 1. The van der Waals surface area contributed by atoms with Gasteiger partial charge in [0.1, 0.15) is 5.75 Å². The molecule has 1 aromatic carbocycles. The van der Waals surface area contributed by atoms with Gasteiger partial charge in [0.25, 0.3) is 5.91 Å². The van der Waals surface area contributed by atoms with E-state index in [0.29, 0.717) is 0 Å². The van der Waals surface area contributed by atoms with Gasteiger partial charge in [0.2, 0.25) is 0 Å². The van der Waals surface area contributed by atoms with E-state index in [4.69, 9.17) is 4.74 Å². The Morgan fingerprint density at radius 3 is 3.05 bits per heavy atom. The summed E-state index contributed by atoms with van der Waals surface area (Å²) in [6, 6.07) is 5.77. The van der Waals surface area contributed by atoms with E-state index < -0.39 is 6.10 Å². The summed E-state index contributed by atoms with van der Waals surface area (Å²) in [7, 11) is 0. The van der Waals surface area contributed by atoms with Gasteiger partial charge in [0.05, 0.1) is 6.10 Å². The zero-order valence-electron chi connectivity index (χ0n) is 11.5. The second-order valence-electron chi connectivity index (χ2n) is 5.24. The molecule has 0 aliphatic heterocycles. The lowest BCUT2D eigenvalue weighted by atomic mass is 9.89. The van der Waals surface area contributed by atoms with Gasteiger partial charge in [0, 0.05) is 6.04 Å². The number of rotatable bonds is 4. The third-order valence-corrected chi connectivity index (χ3v) is 3.24. The van der Waals surface area contributed by atoms with Gasteiger partial charge in [-0.05, 0) is 50.3 Å². The Morgan fingerprint density at radius 1 is 1.53 bits per heavy atom.